The average Bonchev–Trinajstić information content (AvgIpc) is 3.33. The Balaban J connectivity index is 1.55. The van der Waals surface area contributed by atoms with E-state index in [1.54, 1.807) is 13.8 Å². The number of aryl methyl sites for hydroxylation is 2. The molecule has 0 radical (unpaired) electrons. The third kappa shape index (κ3) is 3.69. The van der Waals surface area contributed by atoms with Gasteiger partial charge in [-0.2, -0.15) is 4.72 Å². The number of thiazole rings is 1. The van der Waals surface area contributed by atoms with Gasteiger partial charge in [0.15, 0.2) is 6.35 Å². The molecule has 28 heavy (non-hydrogen) atoms. The predicted octanol–water partition coefficient (Wildman–Crippen LogP) is 2.01. The maximum absolute atomic E-state index is 12.6. The van der Waals surface area contributed by atoms with Crippen LogP contribution in [0.15, 0.2) is 16.6 Å². The van der Waals surface area contributed by atoms with Crippen LogP contribution in [0.2, 0.25) is 0 Å². The molecule has 0 saturated heterocycles. The molecule has 0 aliphatic heterocycles. The average molecular weight is 424 g/mol. The van der Waals surface area contributed by atoms with Crippen LogP contribution in [-0.4, -0.2) is 30.0 Å². The second-order valence-corrected chi connectivity index (χ2v) is 10.9. The molecule has 0 fully saturated rings. The lowest BCUT2D eigenvalue weighted by atomic mass is 9.99. The highest BCUT2D eigenvalue weighted by Gasteiger charge is 2.29. The number of anilines is 1. The highest BCUT2D eigenvalue weighted by atomic mass is 32.2. The number of hydrogen-bond acceptors (Lipinski definition) is 7. The second kappa shape index (κ2) is 7.07. The maximum Gasteiger partial charge on any atom is 0.271 e. The third-order valence-electron chi connectivity index (χ3n) is 5.34. The number of nitrogens with one attached hydrogen (secondary N) is 2. The summed E-state index contributed by atoms with van der Waals surface area (Å²) in [6, 6.07) is 2.28. The fourth-order valence-electron chi connectivity index (χ4n) is 4.02. The van der Waals surface area contributed by atoms with Gasteiger partial charge in [-0.25, -0.2) is 13.4 Å². The van der Waals surface area contributed by atoms with E-state index >= 15 is 0 Å². The standard InChI is InChI=1S/C19H25N3O4S2/c1-19(2,24)15-10-20-18(27-15)28(25,26)22-17(23)21-16-13-7-3-5-11(13)9-12-6-4-8-14(12)16/h9-10,17,21-24H,3-8H2,1-2H3. The van der Waals surface area contributed by atoms with Gasteiger partial charge in [0.05, 0.1) is 10.5 Å². The molecule has 2 aromatic rings. The molecule has 1 unspecified atom stereocenters. The molecule has 1 aromatic heterocycles. The molecule has 7 nitrogen and oxygen atoms in total. The first-order valence-corrected chi connectivity index (χ1v) is 11.8. The first kappa shape index (κ1) is 19.8. The topological polar surface area (TPSA) is 112 Å². The Labute approximate surface area is 168 Å². The highest BCUT2D eigenvalue weighted by Crippen LogP contribution is 2.38. The first-order valence-electron chi connectivity index (χ1n) is 9.47. The molecule has 4 rings (SSSR count). The number of hydrogen-bond donors (Lipinski definition) is 4. The molecule has 0 bridgehead atoms. The fourth-order valence-corrected chi connectivity index (χ4v) is 6.17. The summed E-state index contributed by atoms with van der Waals surface area (Å²) in [7, 11) is -4.01. The van der Waals surface area contributed by atoms with Gasteiger partial charge in [0.25, 0.3) is 10.0 Å². The van der Waals surface area contributed by atoms with Crippen LogP contribution in [0.1, 0.15) is 53.8 Å². The van der Waals surface area contributed by atoms with Crippen molar-refractivity contribution in [1.29, 1.82) is 0 Å². The predicted molar refractivity (Wildman–Crippen MR) is 108 cm³/mol. The number of benzene rings is 1. The summed E-state index contributed by atoms with van der Waals surface area (Å²) in [4.78, 5) is 4.34. The van der Waals surface area contributed by atoms with Crippen LogP contribution >= 0.6 is 11.3 Å². The van der Waals surface area contributed by atoms with Crippen molar-refractivity contribution in [1.82, 2.24) is 9.71 Å². The van der Waals surface area contributed by atoms with Crippen LogP contribution in [0.3, 0.4) is 0 Å². The van der Waals surface area contributed by atoms with Gasteiger partial charge < -0.3 is 15.5 Å². The molecule has 2 aliphatic rings. The smallest absolute Gasteiger partial charge is 0.271 e. The van der Waals surface area contributed by atoms with Crippen LogP contribution in [0, 0.1) is 0 Å². The van der Waals surface area contributed by atoms with E-state index in [2.05, 4.69) is 21.1 Å². The third-order valence-corrected chi connectivity index (χ3v) is 8.45. The molecule has 2 aliphatic carbocycles. The van der Waals surface area contributed by atoms with Crippen molar-refractivity contribution in [2.75, 3.05) is 5.32 Å². The summed E-state index contributed by atoms with van der Waals surface area (Å²) >= 11 is 0.885. The molecule has 0 spiro atoms. The maximum atomic E-state index is 12.6. The van der Waals surface area contributed by atoms with Crippen molar-refractivity contribution in [2.24, 2.45) is 0 Å². The van der Waals surface area contributed by atoms with Gasteiger partial charge in [-0.05, 0) is 74.6 Å². The van der Waals surface area contributed by atoms with E-state index in [0.717, 1.165) is 55.5 Å². The zero-order valence-corrected chi connectivity index (χ0v) is 17.6. The highest BCUT2D eigenvalue weighted by molar-refractivity contribution is 7.91. The largest absolute Gasteiger partial charge is 0.385 e. The molecule has 1 aromatic carbocycles. The van der Waals surface area contributed by atoms with E-state index in [4.69, 9.17) is 0 Å². The minimum Gasteiger partial charge on any atom is -0.385 e. The van der Waals surface area contributed by atoms with Crippen molar-refractivity contribution in [3.63, 3.8) is 0 Å². The number of fused-ring (bicyclic) bond motifs is 2. The van der Waals surface area contributed by atoms with Gasteiger partial charge in [-0.1, -0.05) is 6.07 Å². The second-order valence-electron chi connectivity index (χ2n) is 7.95. The fraction of sp³-hybridized carbons (Fsp3) is 0.526. The molecule has 9 heteroatoms. The van der Waals surface area contributed by atoms with E-state index in [1.165, 1.54) is 28.5 Å². The molecule has 1 heterocycles. The van der Waals surface area contributed by atoms with Crippen molar-refractivity contribution < 1.29 is 18.6 Å². The van der Waals surface area contributed by atoms with Crippen molar-refractivity contribution in [3.05, 3.63) is 39.4 Å². The number of aliphatic hydroxyl groups is 2. The van der Waals surface area contributed by atoms with Crippen molar-refractivity contribution in [2.45, 2.75) is 68.7 Å². The van der Waals surface area contributed by atoms with E-state index in [1.807, 2.05) is 0 Å². The van der Waals surface area contributed by atoms with Crippen LogP contribution in [-0.2, 0) is 41.3 Å². The minimum absolute atomic E-state index is 0.186. The van der Waals surface area contributed by atoms with E-state index in [9.17, 15) is 18.6 Å². The van der Waals surface area contributed by atoms with Gasteiger partial charge in [0, 0.05) is 11.9 Å². The molecule has 0 amide bonds. The monoisotopic (exact) mass is 423 g/mol. The van der Waals surface area contributed by atoms with Gasteiger partial charge in [0.1, 0.15) is 0 Å². The van der Waals surface area contributed by atoms with Crippen LogP contribution in [0.5, 0.6) is 0 Å². The Bertz CT molecular complexity index is 977. The number of sulfonamides is 1. The summed E-state index contributed by atoms with van der Waals surface area (Å²) in [6.45, 7) is 3.13. The Morgan fingerprint density at radius 2 is 1.75 bits per heavy atom. The summed E-state index contributed by atoms with van der Waals surface area (Å²) in [5, 5.41) is 23.5. The van der Waals surface area contributed by atoms with Crippen molar-refractivity contribution in [3.8, 4) is 0 Å². The molecule has 4 N–H and O–H groups in total. The summed E-state index contributed by atoms with van der Waals surface area (Å²) in [5.74, 6) is 0. The summed E-state index contributed by atoms with van der Waals surface area (Å²) < 4.78 is 27.3. The lowest BCUT2D eigenvalue weighted by molar-refractivity contribution is 0.0823. The van der Waals surface area contributed by atoms with Crippen LogP contribution < -0.4 is 10.0 Å². The number of rotatable bonds is 6. The summed E-state index contributed by atoms with van der Waals surface area (Å²) in [5.41, 5.74) is 4.69. The molecular formula is C19H25N3O4S2. The lowest BCUT2D eigenvalue weighted by Crippen LogP contribution is -2.40. The van der Waals surface area contributed by atoms with Gasteiger partial charge >= 0.3 is 0 Å². The van der Waals surface area contributed by atoms with E-state index in [-0.39, 0.29) is 4.34 Å². The Morgan fingerprint density at radius 1 is 1.14 bits per heavy atom. The molecule has 0 saturated carbocycles. The van der Waals surface area contributed by atoms with Gasteiger partial charge in [0.2, 0.25) is 4.34 Å². The number of aromatic nitrogens is 1. The van der Waals surface area contributed by atoms with Gasteiger partial charge in [-0.3, -0.25) is 0 Å². The van der Waals surface area contributed by atoms with E-state index < -0.39 is 22.0 Å². The summed E-state index contributed by atoms with van der Waals surface area (Å²) in [6.07, 6.45) is 5.96. The van der Waals surface area contributed by atoms with E-state index in [0.29, 0.717) is 4.88 Å². The SMILES string of the molecule is CC(C)(O)c1cnc(S(=O)(=O)NC(O)Nc2c3c(cc4c2CCC4)CCC3)s1. The molecular weight excluding hydrogens is 398 g/mol. The van der Waals surface area contributed by atoms with Gasteiger partial charge in [-0.15, -0.1) is 11.3 Å². The van der Waals surface area contributed by atoms with Crippen LogP contribution in [0.25, 0.3) is 0 Å². The normalized spacial score (nSPS) is 17.4. The minimum atomic E-state index is -4.01. The first-order chi connectivity index (χ1) is 13.1. The zero-order chi connectivity index (χ0) is 20.1. The quantitative estimate of drug-likeness (QED) is 0.529. The number of nitrogens with zero attached hydrogens (tertiary/aromatic N) is 1. The Morgan fingerprint density at radius 3 is 2.29 bits per heavy atom. The number of aliphatic hydroxyl groups excluding tert-OH is 1. The van der Waals surface area contributed by atoms with Crippen molar-refractivity contribution >= 4 is 27.0 Å². The molecule has 1 atom stereocenters. The van der Waals surface area contributed by atoms with Crippen LogP contribution in [0.4, 0.5) is 5.69 Å². The Kier molecular flexibility index (Phi) is 4.99. The zero-order valence-electron chi connectivity index (χ0n) is 15.9. The Hall–Kier alpha value is -1.52. The molecule has 152 valence electrons. The lowest BCUT2D eigenvalue weighted by Gasteiger charge is -2.21.